The Balaban J connectivity index is 2.16. The number of benzene rings is 1. The lowest BCUT2D eigenvalue weighted by atomic mass is 10.1. The van der Waals surface area contributed by atoms with Crippen LogP contribution in [-0.4, -0.2) is 4.99 Å². The normalized spacial score (nSPS) is 10.3. The van der Waals surface area contributed by atoms with E-state index in [1.54, 1.807) is 12.1 Å². The Morgan fingerprint density at radius 2 is 2.17 bits per heavy atom. The Labute approximate surface area is 116 Å². The van der Waals surface area contributed by atoms with Crippen LogP contribution in [0.2, 0.25) is 5.02 Å². The summed E-state index contributed by atoms with van der Waals surface area (Å²) in [6.45, 7) is 2.48. The van der Waals surface area contributed by atoms with Crippen LogP contribution in [0.25, 0.3) is 0 Å². The molecule has 3 N–H and O–H groups in total. The largest absolute Gasteiger partial charge is 0.465 e. The first-order valence-electron chi connectivity index (χ1n) is 5.45. The second kappa shape index (κ2) is 5.42. The third kappa shape index (κ3) is 3.03. The van der Waals surface area contributed by atoms with Crippen LogP contribution in [0.3, 0.4) is 0 Å². The van der Waals surface area contributed by atoms with Crippen molar-refractivity contribution in [2.45, 2.75) is 13.5 Å². The van der Waals surface area contributed by atoms with Gasteiger partial charge in [-0.25, -0.2) is 0 Å². The van der Waals surface area contributed by atoms with Crippen LogP contribution in [0.4, 0.5) is 5.69 Å². The van der Waals surface area contributed by atoms with Crippen molar-refractivity contribution < 1.29 is 4.42 Å². The summed E-state index contributed by atoms with van der Waals surface area (Å²) in [4.78, 5) is 0.315. The van der Waals surface area contributed by atoms with Crippen molar-refractivity contribution in [3.05, 3.63) is 52.4 Å². The molecule has 18 heavy (non-hydrogen) atoms. The topological polar surface area (TPSA) is 51.2 Å². The van der Waals surface area contributed by atoms with Crippen LogP contribution in [0.1, 0.15) is 17.1 Å². The van der Waals surface area contributed by atoms with Gasteiger partial charge in [-0.2, -0.15) is 0 Å². The molecule has 94 valence electrons. The summed E-state index contributed by atoms with van der Waals surface area (Å²) in [7, 11) is 0. The first-order chi connectivity index (χ1) is 8.56. The smallest absolute Gasteiger partial charge is 0.123 e. The van der Waals surface area contributed by atoms with Crippen molar-refractivity contribution in [1.82, 2.24) is 0 Å². The van der Waals surface area contributed by atoms with Crippen molar-refractivity contribution in [2.24, 2.45) is 5.73 Å². The zero-order valence-corrected chi connectivity index (χ0v) is 11.4. The standard InChI is InChI=1S/C13H13ClN2OS/c1-8-2-4-10(17-8)7-16-12-5-3-9(14)6-11(12)13(15)18/h2-6,16H,7H2,1H3,(H2,15,18). The van der Waals surface area contributed by atoms with Gasteiger partial charge < -0.3 is 15.5 Å². The number of thiocarbonyl (C=S) groups is 1. The van der Waals surface area contributed by atoms with Gasteiger partial charge in [-0.1, -0.05) is 23.8 Å². The summed E-state index contributed by atoms with van der Waals surface area (Å²) in [5.41, 5.74) is 7.25. The van der Waals surface area contributed by atoms with E-state index in [-0.39, 0.29) is 0 Å². The minimum absolute atomic E-state index is 0.315. The highest BCUT2D eigenvalue weighted by atomic mass is 35.5. The predicted molar refractivity (Wildman–Crippen MR) is 78.1 cm³/mol. The molecule has 0 radical (unpaired) electrons. The summed E-state index contributed by atoms with van der Waals surface area (Å²) in [6.07, 6.45) is 0. The lowest BCUT2D eigenvalue weighted by Crippen LogP contribution is -2.13. The monoisotopic (exact) mass is 280 g/mol. The highest BCUT2D eigenvalue weighted by molar-refractivity contribution is 7.80. The van der Waals surface area contributed by atoms with Gasteiger partial charge >= 0.3 is 0 Å². The molecule has 0 saturated carbocycles. The maximum Gasteiger partial charge on any atom is 0.123 e. The summed E-state index contributed by atoms with van der Waals surface area (Å²) < 4.78 is 5.48. The fourth-order valence-electron chi connectivity index (χ4n) is 1.64. The second-order valence-corrected chi connectivity index (χ2v) is 4.80. The molecule has 5 heteroatoms. The van der Waals surface area contributed by atoms with Crippen LogP contribution in [0.5, 0.6) is 0 Å². The average molecular weight is 281 g/mol. The Morgan fingerprint density at radius 1 is 1.39 bits per heavy atom. The number of rotatable bonds is 4. The van der Waals surface area contributed by atoms with Crippen molar-refractivity contribution in [2.75, 3.05) is 5.32 Å². The lowest BCUT2D eigenvalue weighted by molar-refractivity contribution is 0.490. The zero-order valence-electron chi connectivity index (χ0n) is 9.87. The average Bonchev–Trinajstić information content (AvgIpc) is 2.73. The molecular weight excluding hydrogens is 268 g/mol. The molecule has 0 fully saturated rings. The van der Waals surface area contributed by atoms with Crippen LogP contribution >= 0.6 is 23.8 Å². The van der Waals surface area contributed by atoms with E-state index in [0.29, 0.717) is 16.6 Å². The van der Waals surface area contributed by atoms with Gasteiger partial charge in [-0.3, -0.25) is 0 Å². The highest BCUT2D eigenvalue weighted by Crippen LogP contribution is 2.21. The Hall–Kier alpha value is -1.52. The molecule has 0 amide bonds. The van der Waals surface area contributed by atoms with Gasteiger partial charge in [0.25, 0.3) is 0 Å². The number of nitrogens with one attached hydrogen (secondary N) is 1. The van der Waals surface area contributed by atoms with Crippen LogP contribution < -0.4 is 11.1 Å². The van der Waals surface area contributed by atoms with Crippen molar-refractivity contribution in [3.63, 3.8) is 0 Å². The van der Waals surface area contributed by atoms with Gasteiger partial charge in [0.1, 0.15) is 16.5 Å². The number of furan rings is 1. The van der Waals surface area contributed by atoms with E-state index in [0.717, 1.165) is 22.8 Å². The number of anilines is 1. The highest BCUT2D eigenvalue weighted by Gasteiger charge is 2.07. The number of hydrogen-bond acceptors (Lipinski definition) is 3. The number of hydrogen-bond donors (Lipinski definition) is 2. The predicted octanol–water partition coefficient (Wildman–Crippen LogP) is 3.49. The quantitative estimate of drug-likeness (QED) is 0.842. The SMILES string of the molecule is Cc1ccc(CNc2ccc(Cl)cc2C(N)=S)o1. The van der Waals surface area contributed by atoms with Crippen LogP contribution in [0, 0.1) is 6.92 Å². The van der Waals surface area contributed by atoms with E-state index < -0.39 is 0 Å². The molecule has 2 rings (SSSR count). The van der Waals surface area contributed by atoms with E-state index in [1.165, 1.54) is 0 Å². The summed E-state index contributed by atoms with van der Waals surface area (Å²) in [5.74, 6) is 1.74. The minimum Gasteiger partial charge on any atom is -0.465 e. The second-order valence-electron chi connectivity index (χ2n) is 3.92. The molecule has 0 saturated heterocycles. The van der Waals surface area contributed by atoms with Gasteiger partial charge in [-0.15, -0.1) is 0 Å². The molecule has 3 nitrogen and oxygen atoms in total. The fourth-order valence-corrected chi connectivity index (χ4v) is 1.98. The van der Waals surface area contributed by atoms with E-state index in [1.807, 2.05) is 25.1 Å². The van der Waals surface area contributed by atoms with E-state index in [2.05, 4.69) is 5.32 Å². The third-order valence-corrected chi connectivity index (χ3v) is 2.95. The van der Waals surface area contributed by atoms with Gasteiger partial charge in [-0.05, 0) is 37.3 Å². The molecule has 0 aliphatic carbocycles. The van der Waals surface area contributed by atoms with Crippen LogP contribution in [-0.2, 0) is 6.54 Å². The molecule has 0 bridgehead atoms. The van der Waals surface area contributed by atoms with Gasteiger partial charge in [0, 0.05) is 16.3 Å². The molecule has 1 heterocycles. The molecule has 0 aliphatic rings. The first-order valence-corrected chi connectivity index (χ1v) is 6.23. The van der Waals surface area contributed by atoms with Gasteiger partial charge in [0.15, 0.2) is 0 Å². The maximum atomic E-state index is 5.92. The van der Waals surface area contributed by atoms with Crippen molar-refractivity contribution in [1.29, 1.82) is 0 Å². The molecule has 2 aromatic rings. The van der Waals surface area contributed by atoms with Crippen molar-refractivity contribution in [3.8, 4) is 0 Å². The van der Waals surface area contributed by atoms with E-state index >= 15 is 0 Å². The molecule has 0 spiro atoms. The summed E-state index contributed by atoms with van der Waals surface area (Å²) in [6, 6.07) is 9.25. The molecule has 0 aliphatic heterocycles. The lowest BCUT2D eigenvalue weighted by Gasteiger charge is -2.10. The third-order valence-electron chi connectivity index (χ3n) is 2.50. The summed E-state index contributed by atoms with van der Waals surface area (Å²) in [5, 5.41) is 3.84. The Morgan fingerprint density at radius 3 is 2.78 bits per heavy atom. The molecular formula is C13H13ClN2OS. The van der Waals surface area contributed by atoms with E-state index in [4.69, 9.17) is 34.0 Å². The molecule has 1 aromatic heterocycles. The van der Waals surface area contributed by atoms with E-state index in [9.17, 15) is 0 Å². The number of nitrogens with two attached hydrogens (primary N) is 1. The fraction of sp³-hybridized carbons (Fsp3) is 0.154. The minimum atomic E-state index is 0.315. The maximum absolute atomic E-state index is 5.92. The number of aryl methyl sites for hydroxylation is 1. The zero-order chi connectivity index (χ0) is 13.1. The Bertz CT molecular complexity index is 580. The number of halogens is 1. The molecule has 1 aromatic carbocycles. The van der Waals surface area contributed by atoms with Gasteiger partial charge in [0.2, 0.25) is 0 Å². The Kier molecular flexibility index (Phi) is 3.89. The first kappa shape index (κ1) is 12.9. The molecule has 0 atom stereocenters. The van der Waals surface area contributed by atoms with Crippen LogP contribution in [0.15, 0.2) is 34.7 Å². The molecule has 0 unspecified atom stereocenters. The summed E-state index contributed by atoms with van der Waals surface area (Å²) >= 11 is 10.9. The van der Waals surface area contributed by atoms with Crippen molar-refractivity contribution >= 4 is 34.5 Å². The van der Waals surface area contributed by atoms with Gasteiger partial charge in [0.05, 0.1) is 6.54 Å².